The number of nitrogens with zero attached hydrogens (tertiary/aromatic N) is 1. The molecule has 1 saturated carbocycles. The van der Waals surface area contributed by atoms with Crippen molar-refractivity contribution in [1.29, 1.82) is 0 Å². The molecule has 1 saturated heterocycles. The van der Waals surface area contributed by atoms with E-state index in [0.29, 0.717) is 51.7 Å². The van der Waals surface area contributed by atoms with Crippen molar-refractivity contribution in [2.75, 3.05) is 33.4 Å². The number of rotatable bonds is 11. The smallest absolute Gasteiger partial charge is 0.317 e. The number of methoxy groups -OCH3 is 1. The number of amides is 2. The number of carbonyl (C=O) groups excluding carboxylic acids is 1. The summed E-state index contributed by atoms with van der Waals surface area (Å²) in [6.45, 7) is 1.41. The van der Waals surface area contributed by atoms with Crippen LogP contribution in [0, 0.1) is 17.7 Å². The molecule has 0 aromatic heterocycles. The van der Waals surface area contributed by atoms with Gasteiger partial charge in [0, 0.05) is 50.9 Å². The lowest BCUT2D eigenvalue weighted by atomic mass is 9.74. The highest BCUT2D eigenvalue weighted by Gasteiger charge is 2.43. The molecule has 1 unspecified atom stereocenters. The van der Waals surface area contributed by atoms with E-state index >= 15 is 4.39 Å². The zero-order valence-electron chi connectivity index (χ0n) is 20.9. The van der Waals surface area contributed by atoms with Crippen LogP contribution in [0.25, 0.3) is 0 Å². The zero-order chi connectivity index (χ0) is 26.3. The molecule has 2 amide bonds. The summed E-state index contributed by atoms with van der Waals surface area (Å²) in [4.78, 5) is 14.7. The van der Waals surface area contributed by atoms with E-state index in [1.807, 2.05) is 0 Å². The zero-order valence-corrected chi connectivity index (χ0v) is 21.7. The van der Waals surface area contributed by atoms with Gasteiger partial charge < -0.3 is 25.8 Å². The molecule has 1 aromatic carbocycles. The van der Waals surface area contributed by atoms with Crippen LogP contribution in [0.3, 0.4) is 0 Å². The molecule has 36 heavy (non-hydrogen) atoms. The first-order chi connectivity index (χ1) is 17.2. The fourth-order valence-electron chi connectivity index (χ4n) is 5.69. The van der Waals surface area contributed by atoms with Crippen LogP contribution in [0.5, 0.6) is 0 Å². The highest BCUT2D eigenvalue weighted by Crippen LogP contribution is 2.42. The van der Waals surface area contributed by atoms with Crippen LogP contribution < -0.4 is 11.1 Å². The van der Waals surface area contributed by atoms with E-state index in [2.05, 4.69) is 5.32 Å². The monoisotopic (exact) mass is 533 g/mol. The number of carbonyl (C=O) groups is 1. The molecule has 6 nitrogen and oxygen atoms in total. The van der Waals surface area contributed by atoms with Gasteiger partial charge in [-0.1, -0.05) is 23.7 Å². The Morgan fingerprint density at radius 1 is 1.33 bits per heavy atom. The summed E-state index contributed by atoms with van der Waals surface area (Å²) < 4.78 is 47.4. The van der Waals surface area contributed by atoms with E-state index in [-0.39, 0.29) is 48.5 Å². The largest absolute Gasteiger partial charge is 0.385 e. The molecule has 1 heterocycles. The average molecular weight is 534 g/mol. The Morgan fingerprint density at radius 2 is 2.06 bits per heavy atom. The average Bonchev–Trinajstić information content (AvgIpc) is 3.19. The summed E-state index contributed by atoms with van der Waals surface area (Å²) in [6.07, 6.45) is 0.658. The molecular formula is C26H39ClF3N3O3. The minimum Gasteiger partial charge on any atom is -0.385 e. The van der Waals surface area contributed by atoms with Crippen LogP contribution in [0.15, 0.2) is 18.2 Å². The molecule has 1 aliphatic carbocycles. The molecule has 0 radical (unpaired) electrons. The number of ether oxygens (including phenoxy) is 1. The maximum Gasteiger partial charge on any atom is 0.317 e. The fraction of sp³-hybridized carbons (Fsp3) is 0.731. The summed E-state index contributed by atoms with van der Waals surface area (Å²) in [5.41, 5.74) is 4.49. The van der Waals surface area contributed by atoms with Gasteiger partial charge in [0.25, 0.3) is 0 Å². The number of hydrogen-bond donors (Lipinski definition) is 3. The van der Waals surface area contributed by atoms with Gasteiger partial charge in [-0.2, -0.15) is 0 Å². The Balaban J connectivity index is 1.70. The predicted octanol–water partition coefficient (Wildman–Crippen LogP) is 4.71. The van der Waals surface area contributed by atoms with Crippen molar-refractivity contribution >= 4 is 17.6 Å². The van der Waals surface area contributed by atoms with Gasteiger partial charge in [0.1, 0.15) is 18.2 Å². The maximum atomic E-state index is 15.1. The van der Waals surface area contributed by atoms with Crippen molar-refractivity contribution < 1.29 is 27.8 Å². The van der Waals surface area contributed by atoms with Gasteiger partial charge in [0.15, 0.2) is 0 Å². The summed E-state index contributed by atoms with van der Waals surface area (Å²) in [5.74, 6) is -1.22. The Bertz CT molecular complexity index is 857. The molecule has 4 N–H and O–H groups in total. The van der Waals surface area contributed by atoms with Crippen LogP contribution in [-0.4, -0.2) is 67.8 Å². The summed E-state index contributed by atoms with van der Waals surface area (Å²) in [6, 6.07) is 3.87. The van der Waals surface area contributed by atoms with Gasteiger partial charge in [-0.05, 0) is 63.4 Å². The first-order valence-electron chi connectivity index (χ1n) is 12.9. The number of likely N-dealkylation sites (tertiary alicyclic amines) is 1. The van der Waals surface area contributed by atoms with Crippen molar-refractivity contribution in [3.05, 3.63) is 34.6 Å². The van der Waals surface area contributed by atoms with E-state index in [0.717, 1.165) is 0 Å². The van der Waals surface area contributed by atoms with Crippen LogP contribution in [-0.2, 0) is 10.3 Å². The Labute approximate surface area is 216 Å². The minimum absolute atomic E-state index is 0.0584. The second-order valence-corrected chi connectivity index (χ2v) is 10.7. The number of halogens is 4. The Hall–Kier alpha value is -1.55. The van der Waals surface area contributed by atoms with Crippen molar-refractivity contribution in [3.63, 3.8) is 0 Å². The lowest BCUT2D eigenvalue weighted by Crippen LogP contribution is -2.53. The second kappa shape index (κ2) is 13.3. The third-order valence-corrected chi connectivity index (χ3v) is 7.99. The molecule has 1 aliphatic heterocycles. The first-order valence-corrected chi connectivity index (χ1v) is 13.3. The van der Waals surface area contributed by atoms with E-state index in [4.69, 9.17) is 22.1 Å². The third-order valence-electron chi connectivity index (χ3n) is 7.70. The van der Waals surface area contributed by atoms with Gasteiger partial charge in [-0.15, -0.1) is 0 Å². The Kier molecular flexibility index (Phi) is 10.7. The van der Waals surface area contributed by atoms with Gasteiger partial charge in [0.2, 0.25) is 0 Å². The quantitative estimate of drug-likeness (QED) is 0.360. The molecule has 6 atom stereocenters. The number of benzene rings is 1. The van der Waals surface area contributed by atoms with E-state index in [1.165, 1.54) is 6.07 Å². The van der Waals surface area contributed by atoms with Crippen LogP contribution in [0.4, 0.5) is 18.0 Å². The number of nitrogens with one attached hydrogen (secondary N) is 1. The Morgan fingerprint density at radius 3 is 2.72 bits per heavy atom. The summed E-state index contributed by atoms with van der Waals surface area (Å²) in [5, 5.41) is 14.7. The summed E-state index contributed by atoms with van der Waals surface area (Å²) in [7, 11) is 1.60. The van der Waals surface area contributed by atoms with E-state index in [1.54, 1.807) is 24.1 Å². The van der Waals surface area contributed by atoms with Gasteiger partial charge in [0.05, 0.1) is 10.6 Å². The van der Waals surface area contributed by atoms with E-state index < -0.39 is 35.7 Å². The molecule has 10 heteroatoms. The maximum absolute atomic E-state index is 15.1. The molecule has 0 spiro atoms. The molecule has 2 fully saturated rings. The van der Waals surface area contributed by atoms with Crippen LogP contribution in [0.1, 0.15) is 56.9 Å². The van der Waals surface area contributed by atoms with Gasteiger partial charge >= 0.3 is 6.03 Å². The fourth-order valence-corrected chi connectivity index (χ4v) is 5.87. The predicted molar refractivity (Wildman–Crippen MR) is 134 cm³/mol. The highest BCUT2D eigenvalue weighted by molar-refractivity contribution is 6.30. The normalized spacial score (nSPS) is 27.0. The van der Waals surface area contributed by atoms with Crippen LogP contribution >= 0.6 is 11.6 Å². The highest BCUT2D eigenvalue weighted by atomic mass is 35.5. The van der Waals surface area contributed by atoms with Crippen molar-refractivity contribution in [2.45, 2.75) is 75.4 Å². The van der Waals surface area contributed by atoms with Gasteiger partial charge in [-0.3, -0.25) is 0 Å². The number of unbranched alkanes of at least 4 members (excludes halogenated alkanes) is 1. The summed E-state index contributed by atoms with van der Waals surface area (Å²) >= 11 is 6.04. The lowest BCUT2D eigenvalue weighted by molar-refractivity contribution is -0.0587. The van der Waals surface area contributed by atoms with Crippen molar-refractivity contribution in [2.24, 2.45) is 17.6 Å². The van der Waals surface area contributed by atoms with Crippen molar-refractivity contribution in [1.82, 2.24) is 10.2 Å². The number of aliphatic hydroxyl groups is 1. The lowest BCUT2D eigenvalue weighted by Gasteiger charge is -2.43. The minimum atomic E-state index is -1.51. The second-order valence-electron chi connectivity index (χ2n) is 10.2. The number of piperidine rings is 1. The van der Waals surface area contributed by atoms with Gasteiger partial charge in [-0.25, -0.2) is 18.0 Å². The third kappa shape index (κ3) is 7.05. The molecule has 1 aromatic rings. The standard InChI is InChI=1S/C26H39ClF3N3O3/c1-36-11-3-2-9-26(35,20-7-4-8-21(27)24(20)30)18-6-5-10-33(16-18)25(34)32-19(15-31)12-17-13-22(28)23(29)14-17/h4,7-8,17-19,22-23,35H,2-3,5-6,9-16,31H2,1H3,(H,32,34)/t17?,18-,19+,22-,23+,26+/m1/s1. The van der Waals surface area contributed by atoms with Crippen LogP contribution in [0.2, 0.25) is 5.02 Å². The number of urea groups is 1. The first kappa shape index (κ1) is 29.0. The number of nitrogens with two attached hydrogens (primary N) is 1. The molecular weight excluding hydrogens is 495 g/mol. The molecule has 3 rings (SSSR count). The van der Waals surface area contributed by atoms with Crippen molar-refractivity contribution in [3.8, 4) is 0 Å². The number of alkyl halides is 2. The molecule has 2 aliphatic rings. The molecule has 204 valence electrons. The topological polar surface area (TPSA) is 87.8 Å². The SMILES string of the molecule is COCCCC[C@@](O)(c1cccc(Cl)c1F)[C@@H]1CCCN(C(=O)N[C@H](CN)CC2C[C@@H](F)[C@@H](F)C2)C1. The van der Waals surface area contributed by atoms with E-state index in [9.17, 15) is 18.7 Å². The molecule has 0 bridgehead atoms. The number of hydrogen-bond acceptors (Lipinski definition) is 4.